The van der Waals surface area contributed by atoms with Gasteiger partial charge in [0.2, 0.25) is 0 Å². The summed E-state index contributed by atoms with van der Waals surface area (Å²) in [7, 11) is 0. The average Bonchev–Trinajstić information content (AvgIpc) is 2.45. The molecule has 23 heavy (non-hydrogen) atoms. The Balaban J connectivity index is 2.65. The van der Waals surface area contributed by atoms with Crippen molar-refractivity contribution in [3.05, 3.63) is 59.5 Å². The molecule has 0 saturated heterocycles. The maximum atomic E-state index is 13.4. The fourth-order valence-corrected chi connectivity index (χ4v) is 2.04. The first-order valence-corrected chi connectivity index (χ1v) is 6.63. The molecule has 0 aliphatic rings. The van der Waals surface area contributed by atoms with Gasteiger partial charge in [0.05, 0.1) is 24.1 Å². The van der Waals surface area contributed by atoms with Crippen LogP contribution < -0.4 is 0 Å². The molecule has 0 unspecified atom stereocenters. The first-order valence-electron chi connectivity index (χ1n) is 6.63. The average molecular weight is 329 g/mol. The molecule has 0 bridgehead atoms. The van der Waals surface area contributed by atoms with E-state index in [1.54, 1.807) is 6.92 Å². The lowest BCUT2D eigenvalue weighted by Crippen LogP contribution is -2.11. The number of pyridine rings is 1. The van der Waals surface area contributed by atoms with E-state index in [9.17, 15) is 22.0 Å². The van der Waals surface area contributed by atoms with E-state index in [1.165, 1.54) is 0 Å². The van der Waals surface area contributed by atoms with Gasteiger partial charge in [-0.1, -0.05) is 0 Å². The summed E-state index contributed by atoms with van der Waals surface area (Å²) in [5.41, 5.74) is -2.13. The molecule has 0 aliphatic heterocycles. The fourth-order valence-electron chi connectivity index (χ4n) is 2.04. The summed E-state index contributed by atoms with van der Waals surface area (Å²) in [6, 6.07) is 3.33. The summed E-state index contributed by atoms with van der Waals surface area (Å²) in [5.74, 6) is -1.96. The summed E-state index contributed by atoms with van der Waals surface area (Å²) < 4.78 is 71.7. The molecule has 122 valence electrons. The zero-order valence-electron chi connectivity index (χ0n) is 12.0. The van der Waals surface area contributed by atoms with Crippen LogP contribution >= 0.6 is 0 Å². The zero-order valence-corrected chi connectivity index (χ0v) is 12.0. The topological polar surface area (TPSA) is 22.1 Å². The maximum absolute atomic E-state index is 13.4. The van der Waals surface area contributed by atoms with Crippen molar-refractivity contribution < 1.29 is 26.7 Å². The molecule has 0 atom stereocenters. The highest BCUT2D eigenvalue weighted by atomic mass is 19.4. The second-order valence-electron chi connectivity index (χ2n) is 4.54. The van der Waals surface area contributed by atoms with Crippen molar-refractivity contribution in [2.45, 2.75) is 13.1 Å². The van der Waals surface area contributed by atoms with Crippen LogP contribution in [0.1, 0.15) is 18.1 Å². The molecule has 0 fully saturated rings. The lowest BCUT2D eigenvalue weighted by Gasteiger charge is -2.15. The van der Waals surface area contributed by atoms with Gasteiger partial charge in [0.1, 0.15) is 11.6 Å². The molecule has 7 heteroatoms. The standard InChI is InChI=1S/C16H12F5NO/c1-2-23-6-4-10-3-5-22-15(14(10)16(19,20)21)11-7-12(17)9-13(18)8-11/h3-9H,2H2,1H3/b6-4+. The number of ether oxygens (including phenoxy) is 1. The van der Waals surface area contributed by atoms with Crippen molar-refractivity contribution in [2.75, 3.05) is 6.61 Å². The molecule has 0 saturated carbocycles. The van der Waals surface area contributed by atoms with Gasteiger partial charge in [0, 0.05) is 17.8 Å². The number of halogens is 5. The van der Waals surface area contributed by atoms with Gasteiger partial charge < -0.3 is 4.74 Å². The van der Waals surface area contributed by atoms with Crippen LogP contribution in [-0.2, 0) is 10.9 Å². The van der Waals surface area contributed by atoms with Crippen LogP contribution in [-0.4, -0.2) is 11.6 Å². The Hall–Kier alpha value is -2.44. The molecule has 1 heterocycles. The molecular formula is C16H12F5NO. The third kappa shape index (κ3) is 4.06. The molecule has 2 aromatic rings. The van der Waals surface area contributed by atoms with Crippen molar-refractivity contribution in [1.29, 1.82) is 0 Å². The van der Waals surface area contributed by atoms with Gasteiger partial charge in [-0.2, -0.15) is 13.2 Å². The Morgan fingerprint density at radius 2 is 1.78 bits per heavy atom. The minimum Gasteiger partial charge on any atom is -0.501 e. The van der Waals surface area contributed by atoms with E-state index >= 15 is 0 Å². The highest BCUT2D eigenvalue weighted by Gasteiger charge is 2.37. The Labute approximate surface area is 129 Å². The van der Waals surface area contributed by atoms with E-state index < -0.39 is 29.1 Å². The van der Waals surface area contributed by atoms with Crippen LogP contribution in [0.15, 0.2) is 36.7 Å². The summed E-state index contributed by atoms with van der Waals surface area (Å²) >= 11 is 0. The third-order valence-corrected chi connectivity index (χ3v) is 2.91. The first kappa shape index (κ1) is 16.9. The highest BCUT2D eigenvalue weighted by Crippen LogP contribution is 2.39. The van der Waals surface area contributed by atoms with Crippen molar-refractivity contribution in [2.24, 2.45) is 0 Å². The number of hydrogen-bond donors (Lipinski definition) is 0. The van der Waals surface area contributed by atoms with Gasteiger partial charge in [0.15, 0.2) is 0 Å². The molecule has 0 spiro atoms. The number of nitrogens with zero attached hydrogens (tertiary/aromatic N) is 1. The molecular weight excluding hydrogens is 317 g/mol. The number of hydrogen-bond acceptors (Lipinski definition) is 2. The summed E-state index contributed by atoms with van der Waals surface area (Å²) in [5, 5.41) is 0. The van der Waals surface area contributed by atoms with Gasteiger partial charge >= 0.3 is 6.18 Å². The predicted molar refractivity (Wildman–Crippen MR) is 75.3 cm³/mol. The van der Waals surface area contributed by atoms with E-state index in [0.29, 0.717) is 12.7 Å². The van der Waals surface area contributed by atoms with E-state index in [2.05, 4.69) is 4.98 Å². The highest BCUT2D eigenvalue weighted by molar-refractivity contribution is 5.70. The van der Waals surface area contributed by atoms with Crippen LogP contribution in [0.2, 0.25) is 0 Å². The normalized spacial score (nSPS) is 11.9. The summed E-state index contributed by atoms with van der Waals surface area (Å²) in [6.45, 7) is 1.98. The van der Waals surface area contributed by atoms with Gasteiger partial charge in [-0.05, 0) is 36.8 Å². The van der Waals surface area contributed by atoms with Crippen molar-refractivity contribution >= 4 is 6.08 Å². The number of alkyl halides is 3. The monoisotopic (exact) mass is 329 g/mol. The quantitative estimate of drug-likeness (QED) is 0.578. The smallest absolute Gasteiger partial charge is 0.419 e. The number of benzene rings is 1. The predicted octanol–water partition coefficient (Wildman–Crippen LogP) is 5.05. The first-order chi connectivity index (χ1) is 10.8. The molecule has 2 rings (SSSR count). The minimum absolute atomic E-state index is 0.208. The van der Waals surface area contributed by atoms with Crippen LogP contribution in [0, 0.1) is 11.6 Å². The largest absolute Gasteiger partial charge is 0.501 e. The summed E-state index contributed by atoms with van der Waals surface area (Å²) in [6.07, 6.45) is -1.36. The molecule has 1 aromatic heterocycles. The lowest BCUT2D eigenvalue weighted by molar-refractivity contribution is -0.137. The Bertz CT molecular complexity index is 705. The van der Waals surface area contributed by atoms with E-state index in [-0.39, 0.29) is 11.1 Å². The molecule has 2 nitrogen and oxygen atoms in total. The van der Waals surface area contributed by atoms with Crippen molar-refractivity contribution in [3.63, 3.8) is 0 Å². The second-order valence-corrected chi connectivity index (χ2v) is 4.54. The van der Waals surface area contributed by atoms with Crippen LogP contribution in [0.25, 0.3) is 17.3 Å². The molecule has 0 aliphatic carbocycles. The number of rotatable bonds is 4. The number of aromatic nitrogens is 1. The van der Waals surface area contributed by atoms with E-state index in [4.69, 9.17) is 4.74 Å². The summed E-state index contributed by atoms with van der Waals surface area (Å²) in [4.78, 5) is 3.66. The van der Waals surface area contributed by atoms with Gasteiger partial charge in [-0.25, -0.2) is 8.78 Å². The minimum atomic E-state index is -4.75. The fraction of sp³-hybridized carbons (Fsp3) is 0.188. The van der Waals surface area contributed by atoms with Gasteiger partial charge in [0.25, 0.3) is 0 Å². The lowest BCUT2D eigenvalue weighted by atomic mass is 10.00. The molecule has 0 N–H and O–H groups in total. The van der Waals surface area contributed by atoms with Gasteiger partial charge in [-0.3, -0.25) is 4.98 Å². The molecule has 0 amide bonds. The van der Waals surface area contributed by atoms with Crippen molar-refractivity contribution in [3.8, 4) is 11.3 Å². The van der Waals surface area contributed by atoms with Crippen LogP contribution in [0.4, 0.5) is 22.0 Å². The van der Waals surface area contributed by atoms with E-state index in [1.807, 2.05) is 0 Å². The molecule has 1 aromatic carbocycles. The van der Waals surface area contributed by atoms with Crippen molar-refractivity contribution in [1.82, 2.24) is 4.98 Å². The Kier molecular flexibility index (Phi) is 4.98. The Morgan fingerprint density at radius 1 is 1.13 bits per heavy atom. The SMILES string of the molecule is CCO/C=C/c1ccnc(-c2cc(F)cc(F)c2)c1C(F)(F)F. The van der Waals surface area contributed by atoms with Crippen LogP contribution in [0.3, 0.4) is 0 Å². The Morgan fingerprint density at radius 3 is 2.35 bits per heavy atom. The van der Waals surface area contributed by atoms with Crippen LogP contribution in [0.5, 0.6) is 0 Å². The second kappa shape index (κ2) is 6.76. The van der Waals surface area contributed by atoms with Gasteiger partial charge in [-0.15, -0.1) is 0 Å². The van der Waals surface area contributed by atoms with E-state index in [0.717, 1.165) is 36.7 Å². The third-order valence-electron chi connectivity index (χ3n) is 2.91. The molecule has 0 radical (unpaired) electrons. The maximum Gasteiger partial charge on any atom is 0.419 e. The zero-order chi connectivity index (χ0) is 17.0.